The lowest BCUT2D eigenvalue weighted by Crippen LogP contribution is -2.41. The minimum Gasteiger partial charge on any atom is -0.444 e. The van der Waals surface area contributed by atoms with E-state index in [1.54, 1.807) is 20.8 Å². The predicted molar refractivity (Wildman–Crippen MR) is 60.2 cm³/mol. The molecule has 1 amide bonds. The lowest BCUT2D eigenvalue weighted by Gasteiger charge is -2.22. The van der Waals surface area contributed by atoms with E-state index in [4.69, 9.17) is 9.84 Å². The van der Waals surface area contributed by atoms with Crippen LogP contribution in [0, 0.1) is 0 Å². The molecule has 0 saturated carbocycles. The van der Waals surface area contributed by atoms with Gasteiger partial charge in [0.1, 0.15) is 11.4 Å². The Labute approximate surface area is 96.2 Å². The molecule has 0 rings (SSSR count). The van der Waals surface area contributed by atoms with Gasteiger partial charge in [-0.1, -0.05) is 0 Å². The van der Waals surface area contributed by atoms with Crippen molar-refractivity contribution in [1.82, 2.24) is 5.32 Å². The predicted octanol–water partition coefficient (Wildman–Crippen LogP) is 1.24. The summed E-state index contributed by atoms with van der Waals surface area (Å²) in [5.74, 6) is 0.0319. The van der Waals surface area contributed by atoms with Crippen LogP contribution < -0.4 is 5.32 Å². The number of hydrogen-bond acceptors (Lipinski definition) is 4. The van der Waals surface area contributed by atoms with Crippen molar-refractivity contribution in [1.29, 1.82) is 0 Å². The molecule has 5 nitrogen and oxygen atoms in total. The van der Waals surface area contributed by atoms with Gasteiger partial charge in [-0.2, -0.15) is 0 Å². The van der Waals surface area contributed by atoms with Crippen molar-refractivity contribution < 1.29 is 19.4 Å². The topological polar surface area (TPSA) is 75.6 Å². The van der Waals surface area contributed by atoms with Gasteiger partial charge in [-0.15, -0.1) is 0 Å². The van der Waals surface area contributed by atoms with Gasteiger partial charge in [-0.3, -0.25) is 0 Å². The molecule has 0 bridgehead atoms. The molecule has 1 atom stereocenters. The van der Waals surface area contributed by atoms with E-state index in [0.717, 1.165) is 0 Å². The van der Waals surface area contributed by atoms with Crippen LogP contribution in [0.4, 0.5) is 4.79 Å². The fraction of sp³-hybridized carbons (Fsp3) is 0.818. The Morgan fingerprint density at radius 3 is 2.31 bits per heavy atom. The molecule has 0 aliphatic heterocycles. The highest BCUT2D eigenvalue weighted by Gasteiger charge is 2.19. The Bertz CT molecular complexity index is 245. The first-order chi connectivity index (χ1) is 7.24. The molecular formula is C11H21NO4. The Kier molecular flexibility index (Phi) is 6.03. The largest absolute Gasteiger partial charge is 0.444 e. The van der Waals surface area contributed by atoms with Crippen LogP contribution in [0.3, 0.4) is 0 Å². The van der Waals surface area contributed by atoms with Gasteiger partial charge in [0.25, 0.3) is 0 Å². The quantitative estimate of drug-likeness (QED) is 0.746. The van der Waals surface area contributed by atoms with Gasteiger partial charge in [0, 0.05) is 6.42 Å². The number of aliphatic hydroxyl groups is 1. The van der Waals surface area contributed by atoms with Crippen LogP contribution in [0.2, 0.25) is 0 Å². The van der Waals surface area contributed by atoms with Crippen molar-refractivity contribution in [2.24, 2.45) is 0 Å². The number of ketones is 1. The van der Waals surface area contributed by atoms with E-state index in [9.17, 15) is 9.59 Å². The second kappa shape index (κ2) is 6.48. The van der Waals surface area contributed by atoms with Crippen molar-refractivity contribution in [3.05, 3.63) is 0 Å². The van der Waals surface area contributed by atoms with Crippen LogP contribution >= 0.6 is 0 Å². The summed E-state index contributed by atoms with van der Waals surface area (Å²) in [4.78, 5) is 22.1. The highest BCUT2D eigenvalue weighted by Crippen LogP contribution is 2.07. The van der Waals surface area contributed by atoms with Crippen LogP contribution in [-0.2, 0) is 9.53 Å². The third-order valence-electron chi connectivity index (χ3n) is 1.79. The molecule has 94 valence electrons. The van der Waals surface area contributed by atoms with Crippen LogP contribution in [-0.4, -0.2) is 35.2 Å². The molecule has 0 aliphatic carbocycles. The summed E-state index contributed by atoms with van der Waals surface area (Å²) in [5, 5.41) is 11.5. The summed E-state index contributed by atoms with van der Waals surface area (Å²) >= 11 is 0. The monoisotopic (exact) mass is 231 g/mol. The SMILES string of the molecule is CC(=O)CCC(CO)NC(=O)OC(C)(C)C. The molecule has 0 spiro atoms. The zero-order valence-electron chi connectivity index (χ0n) is 10.4. The van der Waals surface area contributed by atoms with E-state index in [0.29, 0.717) is 12.8 Å². The fourth-order valence-electron chi connectivity index (χ4n) is 1.06. The average Bonchev–Trinajstić information content (AvgIpc) is 2.08. The van der Waals surface area contributed by atoms with Gasteiger partial charge in [0.2, 0.25) is 0 Å². The number of ether oxygens (including phenoxy) is 1. The van der Waals surface area contributed by atoms with E-state index in [1.807, 2.05) is 0 Å². The number of amides is 1. The molecule has 1 unspecified atom stereocenters. The number of hydrogen-bond donors (Lipinski definition) is 2. The van der Waals surface area contributed by atoms with Gasteiger partial charge in [0.05, 0.1) is 12.6 Å². The van der Waals surface area contributed by atoms with Crippen molar-refractivity contribution in [2.45, 2.75) is 52.2 Å². The smallest absolute Gasteiger partial charge is 0.407 e. The van der Waals surface area contributed by atoms with Crippen LogP contribution in [0.25, 0.3) is 0 Å². The molecule has 16 heavy (non-hydrogen) atoms. The molecule has 0 aromatic rings. The lowest BCUT2D eigenvalue weighted by molar-refractivity contribution is -0.117. The van der Waals surface area contributed by atoms with Crippen LogP contribution in [0.15, 0.2) is 0 Å². The van der Waals surface area contributed by atoms with E-state index >= 15 is 0 Å². The molecule has 0 saturated heterocycles. The molecule has 0 heterocycles. The lowest BCUT2D eigenvalue weighted by atomic mass is 10.1. The zero-order chi connectivity index (χ0) is 12.8. The maximum absolute atomic E-state index is 11.3. The first-order valence-electron chi connectivity index (χ1n) is 5.34. The number of carbonyl (C=O) groups is 2. The van der Waals surface area contributed by atoms with Crippen molar-refractivity contribution in [3.63, 3.8) is 0 Å². The highest BCUT2D eigenvalue weighted by molar-refractivity contribution is 5.75. The van der Waals surface area contributed by atoms with Gasteiger partial charge in [-0.25, -0.2) is 4.79 Å². The highest BCUT2D eigenvalue weighted by atomic mass is 16.6. The fourth-order valence-corrected chi connectivity index (χ4v) is 1.06. The molecule has 0 radical (unpaired) electrons. The number of Topliss-reactive ketones (excluding diaryl/α,β-unsaturated/α-hetero) is 1. The maximum atomic E-state index is 11.3. The Morgan fingerprint density at radius 2 is 1.94 bits per heavy atom. The minimum atomic E-state index is -0.574. The van der Waals surface area contributed by atoms with Crippen LogP contribution in [0.5, 0.6) is 0 Å². The Hall–Kier alpha value is -1.10. The van der Waals surface area contributed by atoms with Gasteiger partial charge in [-0.05, 0) is 34.1 Å². The van der Waals surface area contributed by atoms with Crippen molar-refractivity contribution in [3.8, 4) is 0 Å². The van der Waals surface area contributed by atoms with Crippen molar-refractivity contribution in [2.75, 3.05) is 6.61 Å². The standard InChI is InChI=1S/C11H21NO4/c1-8(14)5-6-9(7-13)12-10(15)16-11(2,3)4/h9,13H,5-7H2,1-4H3,(H,12,15). The van der Waals surface area contributed by atoms with Gasteiger partial charge in [0.15, 0.2) is 0 Å². The van der Waals surface area contributed by atoms with E-state index in [2.05, 4.69) is 5.32 Å². The maximum Gasteiger partial charge on any atom is 0.407 e. The zero-order valence-corrected chi connectivity index (χ0v) is 10.4. The van der Waals surface area contributed by atoms with E-state index in [-0.39, 0.29) is 12.4 Å². The van der Waals surface area contributed by atoms with Gasteiger partial charge >= 0.3 is 6.09 Å². The van der Waals surface area contributed by atoms with E-state index in [1.165, 1.54) is 6.92 Å². The molecular weight excluding hydrogens is 210 g/mol. The van der Waals surface area contributed by atoms with Crippen molar-refractivity contribution >= 4 is 11.9 Å². The molecule has 0 aromatic carbocycles. The summed E-state index contributed by atoms with van der Waals surface area (Å²) in [6.45, 7) is 6.55. The van der Waals surface area contributed by atoms with E-state index < -0.39 is 17.7 Å². The van der Waals surface area contributed by atoms with Gasteiger partial charge < -0.3 is 20.0 Å². The third kappa shape index (κ3) is 8.23. The second-order valence-electron chi connectivity index (χ2n) is 4.77. The first-order valence-corrected chi connectivity index (χ1v) is 5.34. The molecule has 0 aromatic heterocycles. The Balaban J connectivity index is 4.02. The molecule has 0 fully saturated rings. The Morgan fingerprint density at radius 1 is 1.38 bits per heavy atom. The summed E-state index contributed by atoms with van der Waals surface area (Å²) in [6.07, 6.45) is 0.182. The minimum absolute atomic E-state index is 0.0319. The summed E-state index contributed by atoms with van der Waals surface area (Å²) in [6, 6.07) is -0.432. The number of aliphatic hydroxyl groups excluding tert-OH is 1. The first kappa shape index (κ1) is 14.9. The summed E-state index contributed by atoms with van der Waals surface area (Å²) in [7, 11) is 0. The average molecular weight is 231 g/mol. The molecule has 2 N–H and O–H groups in total. The second-order valence-corrected chi connectivity index (χ2v) is 4.77. The van der Waals surface area contributed by atoms with Crippen LogP contribution in [0.1, 0.15) is 40.5 Å². The summed E-state index contributed by atoms with van der Waals surface area (Å²) in [5.41, 5.74) is -0.565. The number of rotatable bonds is 5. The number of carbonyl (C=O) groups excluding carboxylic acids is 2. The normalized spacial score (nSPS) is 13.1. The number of nitrogens with one attached hydrogen (secondary N) is 1. The molecule has 5 heteroatoms. The number of alkyl carbamates (subject to hydrolysis) is 1. The molecule has 0 aliphatic rings. The summed E-state index contributed by atoms with van der Waals surface area (Å²) < 4.78 is 5.03. The third-order valence-corrected chi connectivity index (χ3v) is 1.79.